The van der Waals surface area contributed by atoms with E-state index in [2.05, 4.69) is 29.2 Å². The Morgan fingerprint density at radius 1 is 1.32 bits per heavy atom. The van der Waals surface area contributed by atoms with Crippen molar-refractivity contribution in [3.05, 3.63) is 53.6 Å². The van der Waals surface area contributed by atoms with Gasteiger partial charge in [0.05, 0.1) is 7.11 Å². The summed E-state index contributed by atoms with van der Waals surface area (Å²) < 4.78 is 6.31. The molecule has 5 nitrogen and oxygen atoms in total. The lowest BCUT2D eigenvalue weighted by molar-refractivity contribution is -0.706. The summed E-state index contributed by atoms with van der Waals surface area (Å²) in [7, 11) is 1.65. The molecule has 0 saturated carbocycles. The molecule has 2 aromatic rings. The Morgan fingerprint density at radius 3 is 2.88 bits per heavy atom. The molecule has 0 aromatic heterocycles. The highest BCUT2D eigenvalue weighted by molar-refractivity contribution is 7.98. The van der Waals surface area contributed by atoms with Crippen LogP contribution >= 0.6 is 11.8 Å². The minimum absolute atomic E-state index is 0.628. The van der Waals surface area contributed by atoms with Crippen molar-refractivity contribution >= 4 is 30.0 Å². The highest BCUT2D eigenvalue weighted by Gasteiger charge is 2.14. The predicted octanol–water partition coefficient (Wildman–Crippen LogP) is 3.46. The van der Waals surface area contributed by atoms with E-state index in [4.69, 9.17) is 4.74 Å². The lowest BCUT2D eigenvalue weighted by Gasteiger charge is -2.17. The first-order chi connectivity index (χ1) is 12.2. The highest BCUT2D eigenvalue weighted by Crippen LogP contribution is 2.32. The second kappa shape index (κ2) is 8.07. The molecule has 2 aromatic carbocycles. The van der Waals surface area contributed by atoms with E-state index in [1.807, 2.05) is 24.3 Å². The van der Waals surface area contributed by atoms with Crippen LogP contribution in [0.1, 0.15) is 17.5 Å². The molecule has 0 spiro atoms. The number of ether oxygens (including phenoxy) is 1. The van der Waals surface area contributed by atoms with E-state index in [-0.39, 0.29) is 0 Å². The minimum atomic E-state index is 0.628. The van der Waals surface area contributed by atoms with Crippen LogP contribution in [0.15, 0.2) is 52.4 Å². The maximum Gasteiger partial charge on any atom is 0.257 e. The van der Waals surface area contributed by atoms with Gasteiger partial charge in [-0.1, -0.05) is 18.2 Å². The number of methoxy groups -OCH3 is 1. The van der Waals surface area contributed by atoms with Gasteiger partial charge < -0.3 is 10.1 Å². The Bertz CT molecular complexity index is 805. The van der Waals surface area contributed by atoms with Crippen LogP contribution in [-0.2, 0) is 5.75 Å². The van der Waals surface area contributed by atoms with E-state index < -0.39 is 0 Å². The van der Waals surface area contributed by atoms with Gasteiger partial charge in [-0.2, -0.15) is 0 Å². The Hall–Kier alpha value is -2.47. The first-order valence-electron chi connectivity index (χ1n) is 8.16. The van der Waals surface area contributed by atoms with E-state index in [0.717, 1.165) is 52.7 Å². The van der Waals surface area contributed by atoms with Crippen LogP contribution in [0.25, 0.3) is 0 Å². The maximum atomic E-state index is 9.56. The molecule has 25 heavy (non-hydrogen) atoms. The molecule has 0 amide bonds. The average molecular weight is 356 g/mol. The number of benzene rings is 2. The van der Waals surface area contributed by atoms with Crippen molar-refractivity contribution in [1.29, 1.82) is 0 Å². The molecule has 0 unspecified atom stereocenters. The number of rotatable bonds is 6. The molecule has 6 heteroatoms. The van der Waals surface area contributed by atoms with Gasteiger partial charge in [-0.3, -0.25) is 10.2 Å². The van der Waals surface area contributed by atoms with Gasteiger partial charge in [0.25, 0.3) is 5.69 Å². The SMILES string of the molecule is C=[N+](O)c1ccc(OC)c(CSc2ccccc2C2=NCCCN2)c1. The van der Waals surface area contributed by atoms with Crippen molar-refractivity contribution in [2.45, 2.75) is 17.1 Å². The molecule has 0 bridgehead atoms. The smallest absolute Gasteiger partial charge is 0.257 e. The molecule has 0 atom stereocenters. The summed E-state index contributed by atoms with van der Waals surface area (Å²) in [5, 5.41) is 12.9. The van der Waals surface area contributed by atoms with Crippen LogP contribution < -0.4 is 10.1 Å². The number of hydrogen-bond acceptors (Lipinski definition) is 5. The fourth-order valence-electron chi connectivity index (χ4n) is 2.69. The Labute approximate surface area is 152 Å². The Balaban J connectivity index is 1.84. The summed E-state index contributed by atoms with van der Waals surface area (Å²) in [6.45, 7) is 5.35. The minimum Gasteiger partial charge on any atom is -0.496 e. The zero-order valence-electron chi connectivity index (χ0n) is 14.2. The molecular weight excluding hydrogens is 334 g/mol. The number of hydrogen-bond donors (Lipinski definition) is 2. The fraction of sp³-hybridized carbons (Fsp3) is 0.263. The molecule has 1 heterocycles. The standard InChI is InChI=1S/C19H22N3O2S/c1-22(23)15-8-9-17(24-2)14(12-15)13-25-18-7-4-3-6-16(18)19-20-10-5-11-21-19/h3-4,6-9,12,23H,1,5,10-11,13H2,2H3,(H,20,21)/q+1. The molecule has 0 radical (unpaired) electrons. The number of amidine groups is 1. The topological polar surface area (TPSA) is 56.9 Å². The van der Waals surface area contributed by atoms with E-state index in [9.17, 15) is 5.21 Å². The molecule has 2 N–H and O–H groups in total. The van der Waals surface area contributed by atoms with Gasteiger partial charge in [-0.25, -0.2) is 0 Å². The fourth-order valence-corrected chi connectivity index (χ4v) is 3.73. The van der Waals surface area contributed by atoms with Gasteiger partial charge in [0.1, 0.15) is 11.6 Å². The third-order valence-corrected chi connectivity index (χ3v) is 5.11. The van der Waals surface area contributed by atoms with Crippen LogP contribution in [-0.4, -0.2) is 42.7 Å². The van der Waals surface area contributed by atoms with E-state index in [1.54, 1.807) is 24.9 Å². The average Bonchev–Trinajstić information content (AvgIpc) is 2.67. The summed E-state index contributed by atoms with van der Waals surface area (Å²) >= 11 is 1.72. The quantitative estimate of drug-likeness (QED) is 0.274. The largest absolute Gasteiger partial charge is 0.496 e. The zero-order valence-corrected chi connectivity index (χ0v) is 15.1. The van der Waals surface area contributed by atoms with Gasteiger partial charge in [-0.05, 0) is 18.6 Å². The van der Waals surface area contributed by atoms with Gasteiger partial charge in [0, 0.05) is 51.7 Å². The van der Waals surface area contributed by atoms with Crippen molar-refractivity contribution in [2.75, 3.05) is 20.2 Å². The molecule has 0 fully saturated rings. The zero-order chi connectivity index (χ0) is 17.6. The van der Waals surface area contributed by atoms with Crippen LogP contribution in [0.5, 0.6) is 5.75 Å². The van der Waals surface area contributed by atoms with Gasteiger partial charge in [0.15, 0.2) is 6.72 Å². The number of thioether (sulfide) groups is 1. The summed E-state index contributed by atoms with van der Waals surface area (Å²) in [6.07, 6.45) is 1.07. The van der Waals surface area contributed by atoms with Crippen molar-refractivity contribution in [2.24, 2.45) is 4.99 Å². The maximum absolute atomic E-state index is 9.56. The molecule has 1 aliphatic heterocycles. The summed E-state index contributed by atoms with van der Waals surface area (Å²) in [5.74, 6) is 2.48. The highest BCUT2D eigenvalue weighted by atomic mass is 32.2. The third-order valence-electron chi connectivity index (χ3n) is 3.98. The molecule has 0 aliphatic carbocycles. The summed E-state index contributed by atoms with van der Waals surface area (Å²) in [6, 6.07) is 13.8. The van der Waals surface area contributed by atoms with Crippen LogP contribution in [0, 0.1) is 0 Å². The third kappa shape index (κ3) is 4.14. The summed E-state index contributed by atoms with van der Waals surface area (Å²) in [4.78, 5) is 5.77. The number of aliphatic imine (C=N–C) groups is 1. The van der Waals surface area contributed by atoms with Gasteiger partial charge in [-0.15, -0.1) is 11.8 Å². The molecule has 130 valence electrons. The second-order valence-electron chi connectivity index (χ2n) is 5.69. The van der Waals surface area contributed by atoms with Gasteiger partial charge >= 0.3 is 0 Å². The lowest BCUT2D eigenvalue weighted by Crippen LogP contribution is -2.30. The Morgan fingerprint density at radius 2 is 2.16 bits per heavy atom. The lowest BCUT2D eigenvalue weighted by atomic mass is 10.2. The first kappa shape index (κ1) is 17.4. The molecule has 0 saturated heterocycles. The molecular formula is C19H22N3O2S+. The Kier molecular flexibility index (Phi) is 5.60. The van der Waals surface area contributed by atoms with Crippen molar-refractivity contribution < 1.29 is 14.7 Å². The monoisotopic (exact) mass is 356 g/mol. The second-order valence-corrected chi connectivity index (χ2v) is 6.71. The van der Waals surface area contributed by atoms with Crippen molar-refractivity contribution in [3.8, 4) is 5.75 Å². The van der Waals surface area contributed by atoms with E-state index >= 15 is 0 Å². The number of nitrogens with one attached hydrogen (secondary N) is 1. The molecule has 3 rings (SSSR count). The first-order valence-corrected chi connectivity index (χ1v) is 9.14. The number of nitrogens with zero attached hydrogens (tertiary/aromatic N) is 2. The van der Waals surface area contributed by atoms with Crippen LogP contribution in [0.4, 0.5) is 5.69 Å². The van der Waals surface area contributed by atoms with Crippen LogP contribution in [0.3, 0.4) is 0 Å². The van der Waals surface area contributed by atoms with Crippen molar-refractivity contribution in [3.63, 3.8) is 0 Å². The van der Waals surface area contributed by atoms with Crippen molar-refractivity contribution in [1.82, 2.24) is 5.32 Å². The normalized spacial score (nSPS) is 13.7. The predicted molar refractivity (Wildman–Crippen MR) is 102 cm³/mol. The van der Waals surface area contributed by atoms with E-state index in [1.165, 1.54) is 4.90 Å². The van der Waals surface area contributed by atoms with Crippen LogP contribution in [0.2, 0.25) is 0 Å². The van der Waals surface area contributed by atoms with Gasteiger partial charge in [0.2, 0.25) is 0 Å². The van der Waals surface area contributed by atoms with E-state index in [0.29, 0.717) is 5.69 Å². The molecule has 1 aliphatic rings. The summed E-state index contributed by atoms with van der Waals surface area (Å²) in [5.41, 5.74) is 2.76.